The van der Waals surface area contributed by atoms with Crippen molar-refractivity contribution in [2.45, 2.75) is 46.9 Å². The van der Waals surface area contributed by atoms with Crippen molar-refractivity contribution in [2.24, 2.45) is 4.99 Å². The lowest BCUT2D eigenvalue weighted by Crippen LogP contribution is -2.36. The minimum atomic E-state index is 0. The molecule has 0 aliphatic heterocycles. The number of benzene rings is 1. The second-order valence-electron chi connectivity index (χ2n) is 6.21. The highest BCUT2D eigenvalue weighted by atomic mass is 127. The van der Waals surface area contributed by atoms with Crippen molar-refractivity contribution in [3.05, 3.63) is 59.3 Å². The molecule has 0 bridgehead atoms. The summed E-state index contributed by atoms with van der Waals surface area (Å²) in [5.74, 6) is 1.44. The van der Waals surface area contributed by atoms with Crippen LogP contribution in [0.3, 0.4) is 0 Å². The van der Waals surface area contributed by atoms with Crippen LogP contribution in [0.1, 0.15) is 37.5 Å². The first-order valence-corrected chi connectivity index (χ1v) is 8.76. The van der Waals surface area contributed by atoms with Gasteiger partial charge in [0.2, 0.25) is 5.88 Å². The van der Waals surface area contributed by atoms with Gasteiger partial charge in [-0.3, -0.25) is 0 Å². The standard InChI is InChI=1S/C20H28N4O.HI/c1-5-21-20(23-12-17-8-6-16(4)7-9-17)24-14-18-10-11-19(22-13-18)25-15(2)3;/h6-11,13,15H,5,12,14H2,1-4H3,(H2,21,23,24);1H. The molecular weight excluding hydrogens is 439 g/mol. The largest absolute Gasteiger partial charge is 0.475 e. The molecule has 2 aromatic rings. The molecule has 0 spiro atoms. The van der Waals surface area contributed by atoms with E-state index in [4.69, 9.17) is 4.74 Å². The van der Waals surface area contributed by atoms with Gasteiger partial charge >= 0.3 is 0 Å². The van der Waals surface area contributed by atoms with Gasteiger partial charge in [0, 0.05) is 25.4 Å². The van der Waals surface area contributed by atoms with Gasteiger partial charge in [-0.25, -0.2) is 9.98 Å². The summed E-state index contributed by atoms with van der Waals surface area (Å²) in [6, 6.07) is 12.4. The first-order chi connectivity index (χ1) is 12.1. The molecule has 0 saturated carbocycles. The molecule has 0 radical (unpaired) electrons. The maximum Gasteiger partial charge on any atom is 0.213 e. The van der Waals surface area contributed by atoms with Crippen molar-refractivity contribution in [3.8, 4) is 5.88 Å². The molecule has 142 valence electrons. The molecule has 0 aliphatic carbocycles. The fourth-order valence-electron chi connectivity index (χ4n) is 2.22. The number of hydrogen-bond donors (Lipinski definition) is 2. The zero-order valence-electron chi connectivity index (χ0n) is 16.0. The van der Waals surface area contributed by atoms with Gasteiger partial charge in [-0.2, -0.15) is 0 Å². The van der Waals surface area contributed by atoms with Crippen molar-refractivity contribution in [1.29, 1.82) is 0 Å². The summed E-state index contributed by atoms with van der Waals surface area (Å²) in [5.41, 5.74) is 3.54. The number of nitrogens with one attached hydrogen (secondary N) is 2. The predicted molar refractivity (Wildman–Crippen MR) is 118 cm³/mol. The lowest BCUT2D eigenvalue weighted by atomic mass is 10.1. The molecule has 0 saturated heterocycles. The first-order valence-electron chi connectivity index (χ1n) is 8.76. The zero-order chi connectivity index (χ0) is 18.1. The molecule has 1 heterocycles. The molecule has 0 aliphatic rings. The Kier molecular flexibility index (Phi) is 10.0. The van der Waals surface area contributed by atoms with Gasteiger partial charge in [0.05, 0.1) is 12.6 Å². The highest BCUT2D eigenvalue weighted by molar-refractivity contribution is 14.0. The summed E-state index contributed by atoms with van der Waals surface area (Å²) in [4.78, 5) is 8.93. The van der Waals surface area contributed by atoms with E-state index in [2.05, 4.69) is 58.7 Å². The van der Waals surface area contributed by atoms with Crippen molar-refractivity contribution in [2.75, 3.05) is 6.54 Å². The number of ether oxygens (including phenoxy) is 1. The second kappa shape index (κ2) is 11.7. The lowest BCUT2D eigenvalue weighted by molar-refractivity contribution is 0.232. The monoisotopic (exact) mass is 468 g/mol. The van der Waals surface area contributed by atoms with Gasteiger partial charge in [0.25, 0.3) is 0 Å². The van der Waals surface area contributed by atoms with E-state index in [9.17, 15) is 0 Å². The fourth-order valence-corrected chi connectivity index (χ4v) is 2.22. The Morgan fingerprint density at radius 1 is 1.08 bits per heavy atom. The Bertz CT molecular complexity index is 669. The van der Waals surface area contributed by atoms with Gasteiger partial charge < -0.3 is 15.4 Å². The van der Waals surface area contributed by atoms with Gasteiger partial charge in [-0.1, -0.05) is 35.9 Å². The van der Waals surface area contributed by atoms with Crippen LogP contribution in [0.25, 0.3) is 0 Å². The van der Waals surface area contributed by atoms with Gasteiger partial charge in [0.1, 0.15) is 0 Å². The van der Waals surface area contributed by atoms with Gasteiger partial charge in [-0.15, -0.1) is 24.0 Å². The molecule has 0 atom stereocenters. The number of rotatable bonds is 7. The van der Waals surface area contributed by atoms with Crippen LogP contribution in [0, 0.1) is 6.92 Å². The third-order valence-electron chi connectivity index (χ3n) is 3.50. The van der Waals surface area contributed by atoms with Crippen LogP contribution in [0.5, 0.6) is 5.88 Å². The van der Waals surface area contributed by atoms with Gasteiger partial charge in [0.15, 0.2) is 5.96 Å². The molecule has 1 aromatic carbocycles. The first kappa shape index (κ1) is 22.2. The quantitative estimate of drug-likeness (QED) is 0.366. The third kappa shape index (κ3) is 8.03. The number of aromatic nitrogens is 1. The summed E-state index contributed by atoms with van der Waals surface area (Å²) < 4.78 is 5.56. The average Bonchev–Trinajstić information content (AvgIpc) is 2.59. The van der Waals surface area contributed by atoms with Crippen LogP contribution in [0.4, 0.5) is 0 Å². The molecule has 26 heavy (non-hydrogen) atoms. The molecule has 2 rings (SSSR count). The number of hydrogen-bond acceptors (Lipinski definition) is 3. The Morgan fingerprint density at radius 3 is 2.35 bits per heavy atom. The minimum absolute atomic E-state index is 0. The van der Waals surface area contributed by atoms with E-state index in [1.165, 1.54) is 11.1 Å². The maximum absolute atomic E-state index is 5.56. The lowest BCUT2D eigenvalue weighted by Gasteiger charge is -2.12. The Morgan fingerprint density at radius 2 is 1.77 bits per heavy atom. The van der Waals surface area contributed by atoms with Crippen LogP contribution in [-0.2, 0) is 13.1 Å². The molecule has 1 aromatic heterocycles. The predicted octanol–water partition coefficient (Wildman–Crippen LogP) is 4.05. The van der Waals surface area contributed by atoms with E-state index in [1.807, 2.05) is 32.2 Å². The average molecular weight is 468 g/mol. The molecule has 2 N–H and O–H groups in total. The van der Waals surface area contributed by atoms with Crippen molar-refractivity contribution in [1.82, 2.24) is 15.6 Å². The van der Waals surface area contributed by atoms with E-state index in [0.717, 1.165) is 24.6 Å². The van der Waals surface area contributed by atoms with E-state index < -0.39 is 0 Å². The summed E-state index contributed by atoms with van der Waals surface area (Å²) in [6.45, 7) is 10.3. The van der Waals surface area contributed by atoms with Crippen molar-refractivity contribution >= 4 is 29.9 Å². The molecule has 0 amide bonds. The Labute approximate surface area is 173 Å². The Hall–Kier alpha value is -1.83. The van der Waals surface area contributed by atoms with E-state index in [0.29, 0.717) is 12.4 Å². The summed E-state index contributed by atoms with van der Waals surface area (Å²) in [5, 5.41) is 6.62. The van der Waals surface area contributed by atoms with E-state index >= 15 is 0 Å². The number of aliphatic imine (C=N–C) groups is 1. The Balaban J connectivity index is 0.00000338. The minimum Gasteiger partial charge on any atom is -0.475 e. The molecular formula is C20H29IN4O. The van der Waals surface area contributed by atoms with Crippen molar-refractivity contribution in [3.63, 3.8) is 0 Å². The molecule has 5 nitrogen and oxygen atoms in total. The summed E-state index contributed by atoms with van der Waals surface area (Å²) >= 11 is 0. The molecule has 6 heteroatoms. The summed E-state index contributed by atoms with van der Waals surface area (Å²) in [6.07, 6.45) is 1.94. The van der Waals surface area contributed by atoms with E-state index in [-0.39, 0.29) is 30.1 Å². The third-order valence-corrected chi connectivity index (χ3v) is 3.50. The topological polar surface area (TPSA) is 58.5 Å². The molecule has 0 fully saturated rings. The highest BCUT2D eigenvalue weighted by Gasteiger charge is 2.01. The highest BCUT2D eigenvalue weighted by Crippen LogP contribution is 2.10. The second-order valence-corrected chi connectivity index (χ2v) is 6.21. The fraction of sp³-hybridized carbons (Fsp3) is 0.400. The number of aryl methyl sites for hydroxylation is 1. The SMILES string of the molecule is CCNC(=NCc1ccc(OC(C)C)nc1)NCc1ccc(C)cc1.I. The summed E-state index contributed by atoms with van der Waals surface area (Å²) in [7, 11) is 0. The normalized spacial score (nSPS) is 11.0. The number of halogens is 1. The van der Waals surface area contributed by atoms with Crippen LogP contribution >= 0.6 is 24.0 Å². The van der Waals surface area contributed by atoms with Gasteiger partial charge in [-0.05, 0) is 38.8 Å². The number of nitrogens with zero attached hydrogens (tertiary/aromatic N) is 2. The number of pyridine rings is 1. The molecule has 0 unspecified atom stereocenters. The van der Waals surface area contributed by atoms with Crippen molar-refractivity contribution < 1.29 is 4.74 Å². The van der Waals surface area contributed by atoms with Crippen LogP contribution in [0.15, 0.2) is 47.6 Å². The van der Waals surface area contributed by atoms with Crippen LogP contribution in [-0.4, -0.2) is 23.6 Å². The smallest absolute Gasteiger partial charge is 0.213 e. The number of guanidine groups is 1. The van der Waals surface area contributed by atoms with Crippen LogP contribution < -0.4 is 15.4 Å². The zero-order valence-corrected chi connectivity index (χ0v) is 18.3. The maximum atomic E-state index is 5.56. The van der Waals surface area contributed by atoms with E-state index in [1.54, 1.807) is 0 Å². The van der Waals surface area contributed by atoms with Crippen LogP contribution in [0.2, 0.25) is 0 Å².